The third-order valence-electron chi connectivity index (χ3n) is 7.44. The van der Waals surface area contributed by atoms with Gasteiger partial charge in [0.15, 0.2) is 11.5 Å². The summed E-state index contributed by atoms with van der Waals surface area (Å²) < 4.78 is 38.2. The van der Waals surface area contributed by atoms with Crippen molar-refractivity contribution in [1.82, 2.24) is 9.62 Å². The Bertz CT molecular complexity index is 1460. The van der Waals surface area contributed by atoms with Crippen molar-refractivity contribution in [2.45, 2.75) is 32.1 Å². The fraction of sp³-hybridized carbons (Fsp3) is 0.375. The van der Waals surface area contributed by atoms with E-state index in [0.29, 0.717) is 67.9 Å². The lowest BCUT2D eigenvalue weighted by atomic mass is 9.98. The fourth-order valence-corrected chi connectivity index (χ4v) is 6.70. The first-order chi connectivity index (χ1) is 20.3. The molecule has 0 bridgehead atoms. The Labute approximate surface area is 248 Å². The molecule has 1 aliphatic heterocycles. The number of piperidine rings is 1. The summed E-state index contributed by atoms with van der Waals surface area (Å²) in [5.74, 6) is 0.210. The number of anilines is 1. The van der Waals surface area contributed by atoms with Crippen molar-refractivity contribution >= 4 is 27.5 Å². The van der Waals surface area contributed by atoms with Crippen molar-refractivity contribution in [2.75, 3.05) is 44.9 Å². The van der Waals surface area contributed by atoms with E-state index in [4.69, 9.17) is 9.47 Å². The Morgan fingerprint density at radius 2 is 1.64 bits per heavy atom. The molecule has 1 saturated heterocycles. The van der Waals surface area contributed by atoms with Gasteiger partial charge in [0.25, 0.3) is 5.91 Å². The molecule has 3 aromatic carbocycles. The topological polar surface area (TPSA) is 114 Å². The summed E-state index contributed by atoms with van der Waals surface area (Å²) in [6, 6.07) is 22.2. The molecule has 1 fully saturated rings. The molecule has 0 aliphatic carbocycles. The van der Waals surface area contributed by atoms with Crippen molar-refractivity contribution in [1.29, 1.82) is 0 Å². The molecule has 9 nitrogen and oxygen atoms in total. The number of rotatable bonds is 13. The second-order valence-corrected chi connectivity index (χ2v) is 12.4. The Morgan fingerprint density at radius 3 is 2.40 bits per heavy atom. The molecule has 224 valence electrons. The predicted molar refractivity (Wildman–Crippen MR) is 164 cm³/mol. The molecule has 10 heteroatoms. The molecule has 0 unspecified atom stereocenters. The van der Waals surface area contributed by atoms with Gasteiger partial charge in [0.1, 0.15) is 0 Å². The van der Waals surface area contributed by atoms with Gasteiger partial charge in [-0.15, -0.1) is 0 Å². The normalized spacial score (nSPS) is 15.5. The molecule has 1 heterocycles. The molecule has 2 N–H and O–H groups in total. The summed E-state index contributed by atoms with van der Waals surface area (Å²) in [4.78, 5) is 26.3. The summed E-state index contributed by atoms with van der Waals surface area (Å²) in [7, 11) is -0.329. The average Bonchev–Trinajstić information content (AvgIpc) is 3.01. The predicted octanol–water partition coefficient (Wildman–Crippen LogP) is 4.29. The van der Waals surface area contributed by atoms with Crippen LogP contribution in [0.3, 0.4) is 0 Å². The number of benzene rings is 3. The quantitative estimate of drug-likeness (QED) is 0.306. The van der Waals surface area contributed by atoms with E-state index >= 15 is 0 Å². The van der Waals surface area contributed by atoms with Gasteiger partial charge in [0.2, 0.25) is 15.9 Å². The van der Waals surface area contributed by atoms with E-state index in [1.165, 1.54) is 4.31 Å². The van der Waals surface area contributed by atoms with Crippen LogP contribution in [0.15, 0.2) is 72.8 Å². The Kier molecular flexibility index (Phi) is 11.0. The van der Waals surface area contributed by atoms with Crippen LogP contribution in [0.5, 0.6) is 11.5 Å². The van der Waals surface area contributed by atoms with Gasteiger partial charge < -0.3 is 20.1 Å². The Hall–Kier alpha value is -3.89. The molecule has 0 aromatic heterocycles. The summed E-state index contributed by atoms with van der Waals surface area (Å²) in [5, 5.41) is 5.80. The van der Waals surface area contributed by atoms with Crippen LogP contribution < -0.4 is 20.1 Å². The number of carbonyl (C=O) groups is 2. The number of sulfonamides is 1. The Morgan fingerprint density at radius 1 is 0.905 bits per heavy atom. The number of carbonyl (C=O) groups excluding carboxylic acids is 2. The minimum atomic E-state index is -3.48. The first-order valence-corrected chi connectivity index (χ1v) is 15.8. The van der Waals surface area contributed by atoms with Crippen LogP contribution in [0.1, 0.15) is 40.7 Å². The smallest absolute Gasteiger partial charge is 0.253 e. The fourth-order valence-electron chi connectivity index (χ4n) is 5.12. The minimum Gasteiger partial charge on any atom is -0.493 e. The highest BCUT2D eigenvalue weighted by Gasteiger charge is 2.32. The zero-order valence-electron chi connectivity index (χ0n) is 24.2. The van der Waals surface area contributed by atoms with Gasteiger partial charge in [-0.25, -0.2) is 12.7 Å². The number of amides is 2. The number of hydrogen-bond acceptors (Lipinski definition) is 6. The van der Waals surface area contributed by atoms with Crippen molar-refractivity contribution in [3.63, 3.8) is 0 Å². The summed E-state index contributed by atoms with van der Waals surface area (Å²) >= 11 is 0. The second-order valence-electron chi connectivity index (χ2n) is 10.3. The van der Waals surface area contributed by atoms with E-state index in [1.807, 2.05) is 48.5 Å². The van der Waals surface area contributed by atoms with Gasteiger partial charge >= 0.3 is 0 Å². The number of hydrogen-bond donors (Lipinski definition) is 2. The van der Waals surface area contributed by atoms with Gasteiger partial charge in [-0.05, 0) is 67.5 Å². The molecule has 1 aliphatic rings. The zero-order valence-corrected chi connectivity index (χ0v) is 25.0. The van der Waals surface area contributed by atoms with Crippen LogP contribution in [-0.4, -0.2) is 64.1 Å². The lowest BCUT2D eigenvalue weighted by molar-refractivity contribution is -0.120. The molecule has 0 spiro atoms. The highest BCUT2D eigenvalue weighted by Crippen LogP contribution is 2.28. The first kappa shape index (κ1) is 31.1. The largest absolute Gasteiger partial charge is 0.493 e. The van der Waals surface area contributed by atoms with Crippen LogP contribution in [0, 0.1) is 5.92 Å². The standard InChI is InChI=1S/C32H39N3O6S/c1-40-29-17-16-25(22-30(29)41-2)18-19-33-32(37)27-14-6-7-15-28(27)34-31(36)26-13-8-20-35(23-26)42(38,39)21-9-12-24-10-4-3-5-11-24/h3-7,10-11,14-17,22,26H,8-9,12-13,18-21,23H2,1-2H3,(H,33,37)(H,34,36)/t26-/m0/s1. The summed E-state index contributed by atoms with van der Waals surface area (Å²) in [6.07, 6.45) is 2.98. The molecular formula is C32H39N3O6S. The number of aryl methyl sites for hydroxylation is 1. The van der Waals surface area contributed by atoms with Gasteiger partial charge in [0, 0.05) is 19.6 Å². The average molecular weight is 594 g/mol. The van der Waals surface area contributed by atoms with Crippen LogP contribution >= 0.6 is 0 Å². The van der Waals surface area contributed by atoms with Gasteiger partial charge in [0.05, 0.1) is 37.1 Å². The summed E-state index contributed by atoms with van der Waals surface area (Å²) in [5.41, 5.74) is 2.83. The lowest BCUT2D eigenvalue weighted by Gasteiger charge is -2.31. The molecule has 4 rings (SSSR count). The SMILES string of the molecule is COc1ccc(CCNC(=O)c2ccccc2NC(=O)[C@H]2CCCN(S(=O)(=O)CCCc3ccccc3)C2)cc1OC. The number of methoxy groups -OCH3 is 2. The zero-order chi connectivity index (χ0) is 30.0. The monoisotopic (exact) mass is 593 g/mol. The van der Waals surface area contributed by atoms with E-state index in [-0.39, 0.29) is 24.1 Å². The van der Waals surface area contributed by atoms with E-state index in [0.717, 1.165) is 11.1 Å². The Balaban J connectivity index is 1.31. The van der Waals surface area contributed by atoms with E-state index in [9.17, 15) is 18.0 Å². The van der Waals surface area contributed by atoms with Gasteiger partial charge in [-0.1, -0.05) is 48.5 Å². The first-order valence-electron chi connectivity index (χ1n) is 14.2. The van der Waals surface area contributed by atoms with Crippen LogP contribution in [0.4, 0.5) is 5.69 Å². The van der Waals surface area contributed by atoms with Gasteiger partial charge in [-0.3, -0.25) is 9.59 Å². The highest BCUT2D eigenvalue weighted by molar-refractivity contribution is 7.89. The number of nitrogens with one attached hydrogen (secondary N) is 2. The number of ether oxygens (including phenoxy) is 2. The third-order valence-corrected chi connectivity index (χ3v) is 9.36. The van der Waals surface area contributed by atoms with E-state index in [2.05, 4.69) is 10.6 Å². The lowest BCUT2D eigenvalue weighted by Crippen LogP contribution is -2.44. The van der Waals surface area contributed by atoms with E-state index in [1.54, 1.807) is 38.5 Å². The minimum absolute atomic E-state index is 0.0442. The van der Waals surface area contributed by atoms with Crippen LogP contribution in [0.25, 0.3) is 0 Å². The molecule has 0 saturated carbocycles. The van der Waals surface area contributed by atoms with Crippen molar-refractivity contribution < 1.29 is 27.5 Å². The third kappa shape index (κ3) is 8.33. The molecule has 1 atom stereocenters. The maximum Gasteiger partial charge on any atom is 0.253 e. The maximum atomic E-state index is 13.2. The molecule has 3 aromatic rings. The van der Waals surface area contributed by atoms with Crippen LogP contribution in [0.2, 0.25) is 0 Å². The second kappa shape index (κ2) is 14.8. The maximum absolute atomic E-state index is 13.2. The molecular weight excluding hydrogens is 554 g/mol. The van der Waals surface area contributed by atoms with Crippen molar-refractivity contribution in [2.24, 2.45) is 5.92 Å². The number of nitrogens with zero attached hydrogens (tertiary/aromatic N) is 1. The molecule has 0 radical (unpaired) electrons. The van der Waals surface area contributed by atoms with Crippen LogP contribution in [-0.2, 0) is 27.7 Å². The molecule has 2 amide bonds. The van der Waals surface area contributed by atoms with Gasteiger partial charge in [-0.2, -0.15) is 0 Å². The number of para-hydroxylation sites is 1. The van der Waals surface area contributed by atoms with Crippen molar-refractivity contribution in [3.05, 3.63) is 89.5 Å². The van der Waals surface area contributed by atoms with Crippen molar-refractivity contribution in [3.8, 4) is 11.5 Å². The molecule has 42 heavy (non-hydrogen) atoms. The highest BCUT2D eigenvalue weighted by atomic mass is 32.2. The summed E-state index contributed by atoms with van der Waals surface area (Å²) in [6.45, 7) is 0.937. The van der Waals surface area contributed by atoms with E-state index < -0.39 is 15.9 Å².